The van der Waals surface area contributed by atoms with Crippen molar-refractivity contribution in [2.45, 2.75) is 13.5 Å². The summed E-state index contributed by atoms with van der Waals surface area (Å²) in [7, 11) is -3.90. The maximum Gasteiger partial charge on any atom is 0.403 e. The number of fused-ring (bicyclic) bond motifs is 1. The Labute approximate surface area is 124 Å². The molecule has 1 unspecified atom stereocenters. The fraction of sp³-hybridized carbons (Fsp3) is 0.300. The smallest absolute Gasteiger partial charge is 0.364 e. The fourth-order valence-corrected chi connectivity index (χ4v) is 2.66. The lowest BCUT2D eigenvalue weighted by Crippen LogP contribution is -2.14. The molecule has 0 saturated heterocycles. The number of imidazole rings is 1. The first kappa shape index (κ1) is 15.9. The van der Waals surface area contributed by atoms with Gasteiger partial charge in [-0.1, -0.05) is 11.6 Å². The summed E-state index contributed by atoms with van der Waals surface area (Å²) in [6.45, 7) is 1.65. The summed E-state index contributed by atoms with van der Waals surface area (Å²) in [5.41, 5.74) is 5.64. The zero-order valence-corrected chi connectivity index (χ0v) is 12.6. The predicted octanol–water partition coefficient (Wildman–Crippen LogP) is 0.708. The molecule has 1 atom stereocenters. The molecule has 0 aromatic carbocycles. The van der Waals surface area contributed by atoms with E-state index in [0.717, 1.165) is 0 Å². The topological polar surface area (TPSA) is 132 Å². The second-order valence-electron chi connectivity index (χ2n) is 4.00. The van der Waals surface area contributed by atoms with Crippen LogP contribution in [0.4, 0.5) is 0 Å². The number of halogens is 1. The van der Waals surface area contributed by atoms with E-state index in [0.29, 0.717) is 5.69 Å². The first-order valence-electron chi connectivity index (χ1n) is 5.89. The van der Waals surface area contributed by atoms with Gasteiger partial charge in [0.25, 0.3) is 5.91 Å². The van der Waals surface area contributed by atoms with Gasteiger partial charge in [-0.15, -0.1) is 0 Å². The number of hydrogen-bond donors (Lipinski definition) is 3. The number of nitrogens with one attached hydrogen (secondary N) is 1. The molecular weight excluding hydrogens is 321 g/mol. The van der Waals surface area contributed by atoms with E-state index in [2.05, 4.69) is 19.6 Å². The molecule has 2 rings (SSSR count). The van der Waals surface area contributed by atoms with Gasteiger partial charge in [-0.2, -0.15) is 0 Å². The number of hydrogen-bond acceptors (Lipinski definition) is 5. The molecule has 1 amide bonds. The quantitative estimate of drug-likeness (QED) is 0.523. The Morgan fingerprint density at radius 2 is 2.33 bits per heavy atom. The Morgan fingerprint density at radius 1 is 1.62 bits per heavy atom. The molecule has 114 valence electrons. The zero-order chi connectivity index (χ0) is 15.6. The van der Waals surface area contributed by atoms with Gasteiger partial charge in [0.15, 0.2) is 0 Å². The van der Waals surface area contributed by atoms with Gasteiger partial charge in [-0.05, 0) is 13.0 Å². The lowest BCUT2D eigenvalue weighted by molar-refractivity contribution is 0.0996. The molecular formula is C10H13ClN5O4P. The highest BCUT2D eigenvalue weighted by Crippen LogP contribution is 2.36. The molecule has 0 aliphatic rings. The normalized spacial score (nSPS) is 14.2. The van der Waals surface area contributed by atoms with Gasteiger partial charge in [-0.25, -0.2) is 19.6 Å². The summed E-state index contributed by atoms with van der Waals surface area (Å²) in [6, 6.07) is 1.47. The summed E-state index contributed by atoms with van der Waals surface area (Å²) in [6.07, 6.45) is 1.38. The molecule has 4 N–H and O–H groups in total. The second-order valence-corrected chi connectivity index (χ2v) is 6.01. The molecule has 0 radical (unpaired) electrons. The number of nitrogens with two attached hydrogens (primary N) is 1. The van der Waals surface area contributed by atoms with Crippen molar-refractivity contribution in [3.63, 3.8) is 0 Å². The maximum absolute atomic E-state index is 11.6. The van der Waals surface area contributed by atoms with E-state index in [1.54, 1.807) is 6.92 Å². The van der Waals surface area contributed by atoms with Crippen molar-refractivity contribution < 1.29 is 18.8 Å². The van der Waals surface area contributed by atoms with Crippen LogP contribution in [0.5, 0.6) is 0 Å². The number of carbonyl (C=O) groups is 1. The third-order valence-corrected chi connectivity index (χ3v) is 3.87. The average Bonchev–Trinajstić information content (AvgIpc) is 2.79. The van der Waals surface area contributed by atoms with Crippen LogP contribution < -0.4 is 10.8 Å². The minimum absolute atomic E-state index is 0.0167. The van der Waals surface area contributed by atoms with E-state index >= 15 is 0 Å². The molecule has 21 heavy (non-hydrogen) atoms. The van der Waals surface area contributed by atoms with Crippen LogP contribution in [0.2, 0.25) is 5.15 Å². The Kier molecular flexibility index (Phi) is 4.60. The van der Waals surface area contributed by atoms with E-state index in [1.807, 2.05) is 0 Å². The highest BCUT2D eigenvalue weighted by molar-refractivity contribution is 7.50. The molecule has 2 aromatic heterocycles. The summed E-state index contributed by atoms with van der Waals surface area (Å²) in [5, 5.41) is 2.50. The van der Waals surface area contributed by atoms with Gasteiger partial charge in [0.2, 0.25) is 5.78 Å². The second kappa shape index (κ2) is 6.08. The molecule has 0 saturated carbocycles. The van der Waals surface area contributed by atoms with Gasteiger partial charge in [0.05, 0.1) is 6.61 Å². The third-order valence-electron chi connectivity index (χ3n) is 2.51. The van der Waals surface area contributed by atoms with Crippen LogP contribution in [0.1, 0.15) is 23.1 Å². The average molecular weight is 334 g/mol. The highest BCUT2D eigenvalue weighted by atomic mass is 35.5. The van der Waals surface area contributed by atoms with Crippen molar-refractivity contribution in [2.24, 2.45) is 5.73 Å². The molecule has 9 nitrogen and oxygen atoms in total. The molecule has 0 aliphatic heterocycles. The predicted molar refractivity (Wildman–Crippen MR) is 74.8 cm³/mol. The van der Waals surface area contributed by atoms with E-state index in [-0.39, 0.29) is 29.8 Å². The van der Waals surface area contributed by atoms with Gasteiger partial charge in [0, 0.05) is 18.4 Å². The van der Waals surface area contributed by atoms with E-state index < -0.39 is 13.7 Å². The van der Waals surface area contributed by atoms with Crippen molar-refractivity contribution in [3.8, 4) is 0 Å². The number of aromatic nitrogens is 3. The monoisotopic (exact) mass is 333 g/mol. The first-order chi connectivity index (χ1) is 9.82. The minimum Gasteiger partial charge on any atom is -0.364 e. The maximum atomic E-state index is 11.6. The summed E-state index contributed by atoms with van der Waals surface area (Å²) >= 11 is 5.85. The van der Waals surface area contributed by atoms with Crippen molar-refractivity contribution >= 4 is 31.0 Å². The molecule has 0 aliphatic carbocycles. The van der Waals surface area contributed by atoms with Gasteiger partial charge < -0.3 is 10.6 Å². The SMILES string of the molecule is CCOP(=O)(O)NCc1cc(Cl)nc2nc(C(N)=O)cn12. The Bertz CT molecular complexity index is 734. The van der Waals surface area contributed by atoms with E-state index in [4.69, 9.17) is 17.3 Å². The standard InChI is InChI=1S/C10H13ClN5O4P/c1-2-20-21(18,19)13-4-6-3-8(11)15-10-14-7(9(12)17)5-16(6)10/h3,5H,2,4H2,1H3,(H2,12,17)(H2,13,18,19). The largest absolute Gasteiger partial charge is 0.403 e. The van der Waals surface area contributed by atoms with Crippen LogP contribution >= 0.6 is 19.3 Å². The zero-order valence-electron chi connectivity index (χ0n) is 11.0. The van der Waals surface area contributed by atoms with Gasteiger partial charge in [0.1, 0.15) is 10.8 Å². The molecule has 2 aromatic rings. The summed E-state index contributed by atoms with van der Waals surface area (Å²) < 4.78 is 17.7. The van der Waals surface area contributed by atoms with Crippen molar-refractivity contribution in [2.75, 3.05) is 6.61 Å². The Hall–Kier alpha value is -1.51. The molecule has 2 heterocycles. The number of rotatable bonds is 6. The number of amides is 1. The van der Waals surface area contributed by atoms with Crippen LogP contribution in [0, 0.1) is 0 Å². The Morgan fingerprint density at radius 3 is 2.95 bits per heavy atom. The van der Waals surface area contributed by atoms with Crippen LogP contribution in [-0.4, -0.2) is 31.8 Å². The van der Waals surface area contributed by atoms with Crippen molar-refractivity contribution in [1.29, 1.82) is 0 Å². The highest BCUT2D eigenvalue weighted by Gasteiger charge is 2.19. The van der Waals surface area contributed by atoms with Crippen LogP contribution in [0.25, 0.3) is 5.78 Å². The lowest BCUT2D eigenvalue weighted by atomic mass is 10.4. The third kappa shape index (κ3) is 3.78. The van der Waals surface area contributed by atoms with Gasteiger partial charge in [-0.3, -0.25) is 13.7 Å². The first-order valence-corrected chi connectivity index (χ1v) is 7.84. The molecule has 0 bridgehead atoms. The summed E-state index contributed by atoms with van der Waals surface area (Å²) in [4.78, 5) is 28.5. The number of carbonyl (C=O) groups excluding carboxylic acids is 1. The molecule has 0 fully saturated rings. The van der Waals surface area contributed by atoms with Crippen molar-refractivity contribution in [1.82, 2.24) is 19.5 Å². The minimum atomic E-state index is -3.90. The van der Waals surface area contributed by atoms with Crippen molar-refractivity contribution in [3.05, 3.63) is 28.8 Å². The molecule has 0 spiro atoms. The van der Waals surface area contributed by atoms with Crippen LogP contribution in [0.15, 0.2) is 12.3 Å². The van der Waals surface area contributed by atoms with Gasteiger partial charge >= 0.3 is 7.75 Å². The fourth-order valence-electron chi connectivity index (χ4n) is 1.65. The lowest BCUT2D eigenvalue weighted by Gasteiger charge is -2.12. The van der Waals surface area contributed by atoms with E-state index in [1.165, 1.54) is 16.7 Å². The van der Waals surface area contributed by atoms with Crippen LogP contribution in [0.3, 0.4) is 0 Å². The number of nitrogens with zero attached hydrogens (tertiary/aromatic N) is 3. The van der Waals surface area contributed by atoms with Crippen LogP contribution in [-0.2, 0) is 15.6 Å². The van der Waals surface area contributed by atoms with E-state index in [9.17, 15) is 14.3 Å². The Balaban J connectivity index is 2.34. The summed E-state index contributed by atoms with van der Waals surface area (Å²) in [5.74, 6) is -0.546. The molecule has 11 heteroatoms. The number of primary amides is 1.